The van der Waals surface area contributed by atoms with Crippen molar-refractivity contribution in [1.29, 1.82) is 0 Å². The molecule has 2 rings (SSSR count). The number of piperidine rings is 1. The molecule has 1 saturated heterocycles. The van der Waals surface area contributed by atoms with Crippen molar-refractivity contribution >= 4 is 5.91 Å². The first-order valence-electron chi connectivity index (χ1n) is 7.29. The molecule has 0 aromatic heterocycles. The maximum atomic E-state index is 11.8. The summed E-state index contributed by atoms with van der Waals surface area (Å²) in [6.45, 7) is 4.09. The maximum absolute atomic E-state index is 11.8. The molecule has 19 heavy (non-hydrogen) atoms. The Hall–Kier alpha value is -1.35. The monoisotopic (exact) mass is 260 g/mol. The number of rotatable bonds is 5. The van der Waals surface area contributed by atoms with Crippen molar-refractivity contribution in [2.75, 3.05) is 13.1 Å². The molecule has 1 fully saturated rings. The first-order valence-corrected chi connectivity index (χ1v) is 7.29. The first kappa shape index (κ1) is 14.1. The quantitative estimate of drug-likeness (QED) is 0.851. The van der Waals surface area contributed by atoms with Crippen molar-refractivity contribution in [1.82, 2.24) is 10.6 Å². The van der Waals surface area contributed by atoms with Gasteiger partial charge in [-0.1, -0.05) is 37.3 Å². The number of hydrogen-bond acceptors (Lipinski definition) is 2. The van der Waals surface area contributed by atoms with Crippen molar-refractivity contribution in [2.45, 2.75) is 38.6 Å². The number of hydrogen-bond donors (Lipinski definition) is 2. The van der Waals surface area contributed by atoms with Crippen molar-refractivity contribution in [2.24, 2.45) is 5.92 Å². The van der Waals surface area contributed by atoms with Gasteiger partial charge in [-0.05, 0) is 37.3 Å². The molecule has 0 bridgehead atoms. The Morgan fingerprint density at radius 1 is 1.37 bits per heavy atom. The van der Waals surface area contributed by atoms with E-state index in [0.29, 0.717) is 18.4 Å². The lowest BCUT2D eigenvalue weighted by Gasteiger charge is -2.30. The minimum Gasteiger partial charge on any atom is -0.355 e. The van der Waals surface area contributed by atoms with Gasteiger partial charge in [0.15, 0.2) is 0 Å². The molecule has 0 spiro atoms. The summed E-state index contributed by atoms with van der Waals surface area (Å²) in [7, 11) is 0. The Balaban J connectivity index is 1.67. The van der Waals surface area contributed by atoms with Crippen LogP contribution in [0.15, 0.2) is 30.3 Å². The highest BCUT2D eigenvalue weighted by Gasteiger charge is 2.20. The van der Waals surface area contributed by atoms with E-state index in [4.69, 9.17) is 0 Å². The summed E-state index contributed by atoms with van der Waals surface area (Å²) in [6.07, 6.45) is 3.91. The third-order valence-electron chi connectivity index (χ3n) is 3.93. The summed E-state index contributed by atoms with van der Waals surface area (Å²) in [5.41, 5.74) is 1.22. The van der Waals surface area contributed by atoms with Gasteiger partial charge in [-0.15, -0.1) is 0 Å². The topological polar surface area (TPSA) is 41.1 Å². The Morgan fingerprint density at radius 2 is 2.16 bits per heavy atom. The largest absolute Gasteiger partial charge is 0.355 e. The highest BCUT2D eigenvalue weighted by molar-refractivity contribution is 5.76. The van der Waals surface area contributed by atoms with Crippen molar-refractivity contribution < 1.29 is 4.79 Å². The second kappa shape index (κ2) is 7.29. The van der Waals surface area contributed by atoms with Gasteiger partial charge in [-0.25, -0.2) is 0 Å². The zero-order valence-corrected chi connectivity index (χ0v) is 11.7. The van der Waals surface area contributed by atoms with E-state index in [2.05, 4.69) is 29.7 Å². The predicted molar refractivity (Wildman–Crippen MR) is 78.0 cm³/mol. The lowest BCUT2D eigenvalue weighted by atomic mass is 9.93. The Labute approximate surface area is 115 Å². The maximum Gasteiger partial charge on any atom is 0.220 e. The highest BCUT2D eigenvalue weighted by Crippen LogP contribution is 2.14. The fourth-order valence-electron chi connectivity index (χ4n) is 2.60. The van der Waals surface area contributed by atoms with Crippen LogP contribution in [0.5, 0.6) is 0 Å². The molecule has 1 aromatic rings. The predicted octanol–water partition coefficient (Wildman–Crippen LogP) is 2.12. The van der Waals surface area contributed by atoms with Crippen molar-refractivity contribution in [3.63, 3.8) is 0 Å². The van der Waals surface area contributed by atoms with E-state index in [1.165, 1.54) is 18.4 Å². The van der Waals surface area contributed by atoms with Crippen LogP contribution in [-0.2, 0) is 11.2 Å². The first-order chi connectivity index (χ1) is 9.25. The summed E-state index contributed by atoms with van der Waals surface area (Å²) in [5.74, 6) is 0.812. The zero-order valence-electron chi connectivity index (χ0n) is 11.7. The zero-order chi connectivity index (χ0) is 13.5. The number of benzene rings is 1. The molecule has 1 aliphatic rings. The van der Waals surface area contributed by atoms with Gasteiger partial charge in [0.25, 0.3) is 0 Å². The molecule has 3 heteroatoms. The van der Waals surface area contributed by atoms with Crippen LogP contribution in [0.3, 0.4) is 0 Å². The molecule has 0 aliphatic carbocycles. The molecule has 104 valence electrons. The molecule has 2 unspecified atom stereocenters. The van der Waals surface area contributed by atoms with Crippen LogP contribution in [0.25, 0.3) is 0 Å². The number of carbonyl (C=O) groups excluding carboxylic acids is 1. The van der Waals surface area contributed by atoms with Crippen LogP contribution >= 0.6 is 0 Å². The Kier molecular flexibility index (Phi) is 5.40. The molecule has 1 heterocycles. The lowest BCUT2D eigenvalue weighted by molar-refractivity contribution is -0.121. The molecular formula is C16H24N2O. The number of nitrogens with one attached hydrogen (secondary N) is 2. The second-order valence-corrected chi connectivity index (χ2v) is 5.47. The van der Waals surface area contributed by atoms with E-state index < -0.39 is 0 Å². The van der Waals surface area contributed by atoms with Gasteiger partial charge < -0.3 is 10.6 Å². The molecule has 0 radical (unpaired) electrons. The van der Waals surface area contributed by atoms with Crippen LogP contribution in [0.2, 0.25) is 0 Å². The molecule has 3 nitrogen and oxygen atoms in total. The Morgan fingerprint density at radius 3 is 2.89 bits per heavy atom. The Bertz CT molecular complexity index is 391. The van der Waals surface area contributed by atoms with Gasteiger partial charge in [-0.3, -0.25) is 4.79 Å². The average molecular weight is 260 g/mol. The average Bonchev–Trinajstić information content (AvgIpc) is 2.45. The SMILES string of the molecule is CC1CCCNC1CNC(=O)CCc1ccccc1. The molecule has 2 N–H and O–H groups in total. The van der Waals surface area contributed by atoms with Gasteiger partial charge >= 0.3 is 0 Å². The molecule has 1 aromatic carbocycles. The van der Waals surface area contributed by atoms with Crippen LogP contribution in [0, 0.1) is 5.92 Å². The fourth-order valence-corrected chi connectivity index (χ4v) is 2.60. The number of amides is 1. The van der Waals surface area contributed by atoms with Gasteiger partial charge in [0, 0.05) is 19.0 Å². The van der Waals surface area contributed by atoms with Crippen LogP contribution in [-0.4, -0.2) is 25.0 Å². The van der Waals surface area contributed by atoms with E-state index in [1.54, 1.807) is 0 Å². The van der Waals surface area contributed by atoms with E-state index in [0.717, 1.165) is 19.5 Å². The summed E-state index contributed by atoms with van der Waals surface area (Å²) >= 11 is 0. The smallest absolute Gasteiger partial charge is 0.220 e. The standard InChI is InChI=1S/C16H24N2O/c1-13-6-5-11-17-15(13)12-18-16(19)10-9-14-7-3-2-4-8-14/h2-4,7-8,13,15,17H,5-6,9-12H2,1H3,(H,18,19). The third kappa shape index (κ3) is 4.67. The number of carbonyl (C=O) groups is 1. The van der Waals surface area contributed by atoms with Crippen LogP contribution in [0.1, 0.15) is 31.7 Å². The summed E-state index contributed by atoms with van der Waals surface area (Å²) in [4.78, 5) is 11.8. The molecular weight excluding hydrogens is 236 g/mol. The molecule has 1 amide bonds. The second-order valence-electron chi connectivity index (χ2n) is 5.47. The van der Waals surface area contributed by atoms with Crippen molar-refractivity contribution in [3.05, 3.63) is 35.9 Å². The molecule has 0 saturated carbocycles. The minimum atomic E-state index is 0.156. The molecule has 2 atom stereocenters. The van der Waals surface area contributed by atoms with Gasteiger partial charge in [-0.2, -0.15) is 0 Å². The molecule has 1 aliphatic heterocycles. The van der Waals surface area contributed by atoms with Crippen molar-refractivity contribution in [3.8, 4) is 0 Å². The minimum absolute atomic E-state index is 0.156. The third-order valence-corrected chi connectivity index (χ3v) is 3.93. The van der Waals surface area contributed by atoms with Crippen LogP contribution in [0.4, 0.5) is 0 Å². The highest BCUT2D eigenvalue weighted by atomic mass is 16.1. The van der Waals surface area contributed by atoms with Gasteiger partial charge in [0.2, 0.25) is 5.91 Å². The summed E-state index contributed by atoms with van der Waals surface area (Å²) in [5, 5.41) is 6.53. The van der Waals surface area contributed by atoms with E-state index in [1.807, 2.05) is 18.2 Å². The fraction of sp³-hybridized carbons (Fsp3) is 0.562. The van der Waals surface area contributed by atoms with E-state index in [9.17, 15) is 4.79 Å². The lowest BCUT2D eigenvalue weighted by Crippen LogP contribution is -2.47. The van der Waals surface area contributed by atoms with E-state index in [-0.39, 0.29) is 5.91 Å². The van der Waals surface area contributed by atoms with Crippen LogP contribution < -0.4 is 10.6 Å². The normalized spacial score (nSPS) is 23.0. The summed E-state index contributed by atoms with van der Waals surface area (Å²) in [6, 6.07) is 10.6. The summed E-state index contributed by atoms with van der Waals surface area (Å²) < 4.78 is 0. The van der Waals surface area contributed by atoms with E-state index >= 15 is 0 Å². The number of aryl methyl sites for hydroxylation is 1. The van der Waals surface area contributed by atoms with Gasteiger partial charge in [0.05, 0.1) is 0 Å². The van der Waals surface area contributed by atoms with Gasteiger partial charge in [0.1, 0.15) is 0 Å².